The standard InChI is InChI=1S/C32H48N4O3/c1-7-11-25-26-18-22-19-35(6)28(25)32(22,21-14-16-24(17-15-21)33-20(2)37)36(30(39)31(3,4)5)27(26)29(38)34-23-12-9-8-10-13-23/h14-17,22-23,25-28H,7-13,18-19H2,1-6H3,(H,33,37)(H,34,38)/t22-,25+,26+,27-,28-,32-/m0/s1. The van der Waals surface area contributed by atoms with Crippen molar-refractivity contribution in [2.24, 2.45) is 23.2 Å². The van der Waals surface area contributed by atoms with Gasteiger partial charge in [0.15, 0.2) is 0 Å². The molecule has 3 heterocycles. The first-order valence-corrected chi connectivity index (χ1v) is 15.2. The van der Waals surface area contributed by atoms with Crippen molar-refractivity contribution in [3.63, 3.8) is 0 Å². The third-order valence-electron chi connectivity index (χ3n) is 10.0. The number of amides is 3. The fourth-order valence-corrected chi connectivity index (χ4v) is 8.72. The third kappa shape index (κ3) is 4.68. The zero-order chi connectivity index (χ0) is 28.1. The summed E-state index contributed by atoms with van der Waals surface area (Å²) in [6.45, 7) is 10.6. The minimum absolute atomic E-state index is 0.0475. The van der Waals surface area contributed by atoms with Crippen molar-refractivity contribution in [1.82, 2.24) is 15.1 Å². The van der Waals surface area contributed by atoms with E-state index in [1.807, 2.05) is 32.9 Å². The molecule has 214 valence electrons. The van der Waals surface area contributed by atoms with E-state index in [0.717, 1.165) is 62.7 Å². The highest BCUT2D eigenvalue weighted by Crippen LogP contribution is 2.64. The summed E-state index contributed by atoms with van der Waals surface area (Å²) in [6.07, 6.45) is 8.65. The second kappa shape index (κ2) is 10.5. The van der Waals surface area contributed by atoms with Crippen LogP contribution in [0.1, 0.15) is 91.5 Å². The predicted molar refractivity (Wildman–Crippen MR) is 154 cm³/mol. The van der Waals surface area contributed by atoms with Crippen LogP contribution in [0.3, 0.4) is 0 Å². The van der Waals surface area contributed by atoms with Crippen molar-refractivity contribution >= 4 is 23.4 Å². The molecule has 3 saturated heterocycles. The zero-order valence-corrected chi connectivity index (χ0v) is 24.8. The largest absolute Gasteiger partial charge is 0.352 e. The number of piperidine rings is 2. The van der Waals surface area contributed by atoms with E-state index in [0.29, 0.717) is 5.92 Å². The Bertz CT molecular complexity index is 1090. The zero-order valence-electron chi connectivity index (χ0n) is 24.8. The van der Waals surface area contributed by atoms with Gasteiger partial charge >= 0.3 is 0 Å². The van der Waals surface area contributed by atoms with Crippen LogP contribution in [-0.2, 0) is 19.9 Å². The lowest BCUT2D eigenvalue weighted by atomic mass is 9.52. The van der Waals surface area contributed by atoms with Crippen LogP contribution in [0.2, 0.25) is 0 Å². The topological polar surface area (TPSA) is 81.8 Å². The van der Waals surface area contributed by atoms with E-state index in [-0.39, 0.29) is 41.6 Å². The van der Waals surface area contributed by atoms with Gasteiger partial charge in [0.25, 0.3) is 0 Å². The lowest BCUT2D eigenvalue weighted by Gasteiger charge is -2.66. The van der Waals surface area contributed by atoms with Crippen LogP contribution in [-0.4, -0.2) is 59.2 Å². The fraction of sp³-hybridized carbons (Fsp3) is 0.719. The average Bonchev–Trinajstić information content (AvgIpc) is 3.10. The van der Waals surface area contributed by atoms with Crippen molar-refractivity contribution in [2.75, 3.05) is 18.9 Å². The minimum Gasteiger partial charge on any atom is -0.352 e. The van der Waals surface area contributed by atoms with Crippen LogP contribution in [0.4, 0.5) is 5.69 Å². The van der Waals surface area contributed by atoms with Gasteiger partial charge in [-0.15, -0.1) is 0 Å². The number of likely N-dealkylation sites (N-methyl/N-ethyl adjacent to an activating group) is 1. The quantitative estimate of drug-likeness (QED) is 0.541. The molecule has 6 rings (SSSR count). The first kappa shape index (κ1) is 28.1. The number of nitrogens with one attached hydrogen (secondary N) is 2. The number of hydrogen-bond acceptors (Lipinski definition) is 4. The number of benzene rings is 1. The van der Waals surface area contributed by atoms with Gasteiger partial charge in [-0.25, -0.2) is 0 Å². The summed E-state index contributed by atoms with van der Waals surface area (Å²) in [5, 5.41) is 6.33. The first-order valence-electron chi connectivity index (χ1n) is 15.2. The number of anilines is 1. The number of carbonyl (C=O) groups is 3. The number of fused-ring (bicyclic) bond motifs is 1. The van der Waals surface area contributed by atoms with Gasteiger partial charge in [-0.3, -0.25) is 14.4 Å². The van der Waals surface area contributed by atoms with Crippen LogP contribution < -0.4 is 10.6 Å². The van der Waals surface area contributed by atoms with E-state index >= 15 is 0 Å². The Balaban J connectivity index is 1.66. The van der Waals surface area contributed by atoms with Crippen LogP contribution in [0.5, 0.6) is 0 Å². The maximum absolute atomic E-state index is 14.6. The summed E-state index contributed by atoms with van der Waals surface area (Å²) in [6, 6.07) is 7.99. The van der Waals surface area contributed by atoms with Gasteiger partial charge in [0.1, 0.15) is 6.04 Å². The Hall–Kier alpha value is -2.41. The average molecular weight is 537 g/mol. The molecule has 5 fully saturated rings. The van der Waals surface area contributed by atoms with Crippen molar-refractivity contribution in [1.29, 1.82) is 0 Å². The second-order valence-corrected chi connectivity index (χ2v) is 13.7. The lowest BCUT2D eigenvalue weighted by Crippen LogP contribution is -2.77. The van der Waals surface area contributed by atoms with Crippen molar-refractivity contribution in [2.45, 2.75) is 110 Å². The maximum atomic E-state index is 14.6. The van der Waals surface area contributed by atoms with Crippen LogP contribution >= 0.6 is 0 Å². The summed E-state index contributed by atoms with van der Waals surface area (Å²) < 4.78 is 0. The maximum Gasteiger partial charge on any atom is 0.243 e. The monoisotopic (exact) mass is 536 g/mol. The highest BCUT2D eigenvalue weighted by molar-refractivity contribution is 5.92. The van der Waals surface area contributed by atoms with Gasteiger partial charge in [-0.05, 0) is 62.3 Å². The van der Waals surface area contributed by atoms with E-state index in [4.69, 9.17) is 0 Å². The molecule has 3 amide bonds. The Morgan fingerprint density at radius 1 is 1.05 bits per heavy atom. The van der Waals surface area contributed by atoms with Crippen LogP contribution in [0, 0.1) is 23.2 Å². The molecule has 2 aliphatic carbocycles. The number of hydrogen-bond donors (Lipinski definition) is 2. The Labute approximate surface area is 234 Å². The number of likely N-dealkylation sites (tertiary alicyclic amines) is 1. The molecule has 6 atom stereocenters. The SMILES string of the molecule is CCC[C@@H]1[C@H]2C[C@H]3CN(C)[C@@H]1[C@@]3(c1ccc(NC(C)=O)cc1)N(C(=O)C(C)(C)C)[C@@H]2C(=O)NC1CCCCC1. The Morgan fingerprint density at radius 3 is 2.31 bits per heavy atom. The molecule has 3 aliphatic heterocycles. The molecule has 2 saturated carbocycles. The van der Waals surface area contributed by atoms with Gasteiger partial charge < -0.3 is 20.4 Å². The summed E-state index contributed by atoms with van der Waals surface area (Å²) in [5.74, 6) is 0.738. The van der Waals surface area contributed by atoms with E-state index < -0.39 is 17.0 Å². The third-order valence-corrected chi connectivity index (χ3v) is 10.0. The molecule has 0 radical (unpaired) electrons. The van der Waals surface area contributed by atoms with Crippen molar-refractivity contribution in [3.05, 3.63) is 29.8 Å². The molecule has 0 aromatic heterocycles. The smallest absolute Gasteiger partial charge is 0.243 e. The molecule has 2 N–H and O–H groups in total. The van der Waals surface area contributed by atoms with E-state index in [1.165, 1.54) is 13.3 Å². The Morgan fingerprint density at radius 2 is 1.72 bits per heavy atom. The molecule has 7 nitrogen and oxygen atoms in total. The Kier molecular flexibility index (Phi) is 7.60. The molecule has 5 aliphatic rings. The molecule has 0 spiro atoms. The molecule has 1 aromatic carbocycles. The highest BCUT2D eigenvalue weighted by atomic mass is 16.2. The van der Waals surface area contributed by atoms with E-state index in [1.54, 1.807) is 0 Å². The number of rotatable bonds is 6. The van der Waals surface area contributed by atoms with Gasteiger partial charge in [0, 0.05) is 42.6 Å². The molecular formula is C32H48N4O3. The van der Waals surface area contributed by atoms with E-state index in [9.17, 15) is 14.4 Å². The second-order valence-electron chi connectivity index (χ2n) is 13.7. The molecule has 39 heavy (non-hydrogen) atoms. The number of nitrogens with zero attached hydrogens (tertiary/aromatic N) is 2. The van der Waals surface area contributed by atoms with Gasteiger partial charge in [0.05, 0.1) is 5.54 Å². The normalized spacial score (nSPS) is 32.8. The molecule has 4 bridgehead atoms. The lowest BCUT2D eigenvalue weighted by molar-refractivity contribution is -0.192. The van der Waals surface area contributed by atoms with Gasteiger partial charge in [0.2, 0.25) is 17.7 Å². The summed E-state index contributed by atoms with van der Waals surface area (Å²) in [7, 11) is 2.21. The van der Waals surface area contributed by atoms with Gasteiger partial charge in [-0.2, -0.15) is 0 Å². The van der Waals surface area contributed by atoms with Crippen molar-refractivity contribution < 1.29 is 14.4 Å². The summed E-state index contributed by atoms with van der Waals surface area (Å²) in [5.41, 5.74) is 0.626. The van der Waals surface area contributed by atoms with E-state index in [2.05, 4.69) is 46.5 Å². The molecule has 0 unspecified atom stereocenters. The first-order chi connectivity index (χ1) is 18.5. The number of carbonyl (C=O) groups excluding carboxylic acids is 3. The van der Waals surface area contributed by atoms with Crippen molar-refractivity contribution in [3.8, 4) is 0 Å². The molecule has 1 aromatic rings. The fourth-order valence-electron chi connectivity index (χ4n) is 8.72. The minimum atomic E-state index is -0.623. The molecular weight excluding hydrogens is 488 g/mol. The van der Waals surface area contributed by atoms with Crippen LogP contribution in [0.15, 0.2) is 24.3 Å². The summed E-state index contributed by atoms with van der Waals surface area (Å²) >= 11 is 0. The molecule has 7 heteroatoms. The summed E-state index contributed by atoms with van der Waals surface area (Å²) in [4.78, 5) is 45.2. The van der Waals surface area contributed by atoms with Crippen LogP contribution in [0.25, 0.3) is 0 Å². The van der Waals surface area contributed by atoms with Gasteiger partial charge in [-0.1, -0.05) is 65.5 Å². The predicted octanol–water partition coefficient (Wildman–Crippen LogP) is 4.91. The highest BCUT2D eigenvalue weighted by Gasteiger charge is 2.72.